The number of ether oxygens (including phenoxy) is 2. The number of nitrogens with zero attached hydrogens (tertiary/aromatic N) is 1. The summed E-state index contributed by atoms with van der Waals surface area (Å²) in [7, 11) is 3.13. The zero-order valence-electron chi connectivity index (χ0n) is 15.5. The first kappa shape index (κ1) is 19.2. The first-order valence-electron chi connectivity index (χ1n) is 9.01. The van der Waals surface area contributed by atoms with Crippen LogP contribution in [0.5, 0.6) is 11.5 Å². The molecule has 2 aromatic carbocycles. The van der Waals surface area contributed by atoms with Crippen molar-refractivity contribution >= 4 is 5.97 Å². The molecule has 2 atom stereocenters. The monoisotopic (exact) mass is 373 g/mol. The summed E-state index contributed by atoms with van der Waals surface area (Å²) in [4.78, 5) is 13.8. The van der Waals surface area contributed by atoms with Gasteiger partial charge in [-0.1, -0.05) is 24.6 Å². The normalized spacial score (nSPS) is 18.7. The molecular weight excluding hydrogens is 349 g/mol. The van der Waals surface area contributed by atoms with Crippen LogP contribution in [0.25, 0.3) is 0 Å². The topological polar surface area (TPSA) is 59.0 Å². The second-order valence-electron chi connectivity index (χ2n) is 6.66. The lowest BCUT2D eigenvalue weighted by Crippen LogP contribution is -2.46. The Bertz CT molecular complexity index is 793. The maximum absolute atomic E-state index is 13.5. The molecule has 0 aromatic heterocycles. The van der Waals surface area contributed by atoms with Gasteiger partial charge in [-0.3, -0.25) is 9.69 Å². The van der Waals surface area contributed by atoms with Gasteiger partial charge in [0.05, 0.1) is 20.3 Å². The fourth-order valence-electron chi connectivity index (χ4n) is 3.77. The Labute approximate surface area is 158 Å². The lowest BCUT2D eigenvalue weighted by atomic mass is 9.91. The molecule has 1 N–H and O–H groups in total. The van der Waals surface area contributed by atoms with Crippen LogP contribution in [-0.4, -0.2) is 42.8 Å². The number of methoxy groups -OCH3 is 2. The number of carboxylic acid groups (broad SMARTS) is 1. The maximum Gasteiger partial charge on any atom is 0.320 e. The molecule has 1 aliphatic rings. The highest BCUT2D eigenvalue weighted by atomic mass is 19.1. The summed E-state index contributed by atoms with van der Waals surface area (Å²) >= 11 is 0. The third kappa shape index (κ3) is 4.06. The molecule has 1 saturated heterocycles. The van der Waals surface area contributed by atoms with Gasteiger partial charge >= 0.3 is 5.97 Å². The zero-order chi connectivity index (χ0) is 19.4. The number of carbonyl (C=O) groups is 1. The summed E-state index contributed by atoms with van der Waals surface area (Å²) in [5.41, 5.74) is 1.73. The van der Waals surface area contributed by atoms with Crippen molar-refractivity contribution < 1.29 is 23.8 Å². The van der Waals surface area contributed by atoms with E-state index in [9.17, 15) is 14.3 Å². The Morgan fingerprint density at radius 2 is 1.74 bits per heavy atom. The number of aliphatic carboxylic acids is 1. The summed E-state index contributed by atoms with van der Waals surface area (Å²) in [6, 6.07) is 10.9. The minimum atomic E-state index is -0.831. The molecule has 27 heavy (non-hydrogen) atoms. The predicted octanol–water partition coefficient (Wildman–Crippen LogP) is 3.87. The predicted molar refractivity (Wildman–Crippen MR) is 99.8 cm³/mol. The van der Waals surface area contributed by atoms with E-state index in [-0.39, 0.29) is 11.9 Å². The van der Waals surface area contributed by atoms with Crippen LogP contribution in [0.2, 0.25) is 0 Å². The Morgan fingerprint density at radius 3 is 2.37 bits per heavy atom. The standard InChI is InChI=1S/C21H24FNO4/c1-26-18-11-8-15(13-19(18)27-2)20(14-6-9-16(22)10-7-14)23-12-4-3-5-17(23)21(24)25/h6-11,13,17,20H,3-5,12H2,1-2H3,(H,24,25). The van der Waals surface area contributed by atoms with Gasteiger partial charge in [0.15, 0.2) is 11.5 Å². The second-order valence-corrected chi connectivity index (χ2v) is 6.66. The second kappa shape index (κ2) is 8.39. The summed E-state index contributed by atoms with van der Waals surface area (Å²) in [6.07, 6.45) is 2.41. The van der Waals surface area contributed by atoms with E-state index in [0.717, 1.165) is 24.0 Å². The molecule has 0 saturated carbocycles. The number of likely N-dealkylation sites (tertiary alicyclic amines) is 1. The van der Waals surface area contributed by atoms with Crippen LogP contribution in [0.3, 0.4) is 0 Å². The molecule has 144 valence electrons. The third-order valence-electron chi connectivity index (χ3n) is 5.07. The first-order chi connectivity index (χ1) is 13.0. The molecule has 0 spiro atoms. The van der Waals surface area contributed by atoms with Gasteiger partial charge in [-0.2, -0.15) is 0 Å². The fraction of sp³-hybridized carbons (Fsp3) is 0.381. The van der Waals surface area contributed by atoms with Crippen molar-refractivity contribution in [2.45, 2.75) is 31.3 Å². The molecule has 1 heterocycles. The van der Waals surface area contributed by atoms with Crippen molar-refractivity contribution in [2.75, 3.05) is 20.8 Å². The molecule has 3 rings (SSSR count). The van der Waals surface area contributed by atoms with Crippen molar-refractivity contribution in [3.05, 3.63) is 59.4 Å². The number of halogens is 1. The number of benzene rings is 2. The minimum absolute atomic E-state index is 0.313. The Kier molecular flexibility index (Phi) is 5.96. The molecule has 0 aliphatic carbocycles. The van der Waals surface area contributed by atoms with Crippen LogP contribution in [0, 0.1) is 5.82 Å². The van der Waals surface area contributed by atoms with Crippen molar-refractivity contribution in [3.63, 3.8) is 0 Å². The summed E-state index contributed by atoms with van der Waals surface area (Å²) in [5, 5.41) is 9.73. The van der Waals surface area contributed by atoms with E-state index in [4.69, 9.17) is 9.47 Å². The van der Waals surface area contributed by atoms with E-state index in [1.165, 1.54) is 12.1 Å². The van der Waals surface area contributed by atoms with Crippen LogP contribution < -0.4 is 9.47 Å². The van der Waals surface area contributed by atoms with Gasteiger partial charge < -0.3 is 14.6 Å². The number of hydrogen-bond donors (Lipinski definition) is 1. The van der Waals surface area contributed by atoms with Crippen molar-refractivity contribution in [3.8, 4) is 11.5 Å². The lowest BCUT2D eigenvalue weighted by molar-refractivity contribution is -0.145. The van der Waals surface area contributed by atoms with Gasteiger partial charge in [0.25, 0.3) is 0 Å². The zero-order valence-corrected chi connectivity index (χ0v) is 15.5. The molecule has 0 radical (unpaired) electrons. The number of carboxylic acids is 1. The van der Waals surface area contributed by atoms with E-state index in [0.29, 0.717) is 24.5 Å². The summed E-state index contributed by atoms with van der Waals surface area (Å²) < 4.78 is 24.2. The molecule has 0 bridgehead atoms. The van der Waals surface area contributed by atoms with Gasteiger partial charge in [-0.25, -0.2) is 4.39 Å². The molecule has 2 unspecified atom stereocenters. The van der Waals surface area contributed by atoms with E-state index >= 15 is 0 Å². The summed E-state index contributed by atoms with van der Waals surface area (Å²) in [5.74, 6) is 0.0269. The largest absolute Gasteiger partial charge is 0.493 e. The number of rotatable bonds is 6. The van der Waals surface area contributed by atoms with Gasteiger partial charge in [0.1, 0.15) is 11.9 Å². The quantitative estimate of drug-likeness (QED) is 0.833. The van der Waals surface area contributed by atoms with Gasteiger partial charge in [0, 0.05) is 0 Å². The third-order valence-corrected chi connectivity index (χ3v) is 5.07. The molecule has 2 aromatic rings. The molecule has 1 fully saturated rings. The lowest BCUT2D eigenvalue weighted by Gasteiger charge is -2.39. The van der Waals surface area contributed by atoms with Gasteiger partial charge in [0.2, 0.25) is 0 Å². The first-order valence-corrected chi connectivity index (χ1v) is 9.01. The Balaban J connectivity index is 2.10. The van der Waals surface area contributed by atoms with Crippen molar-refractivity contribution in [1.82, 2.24) is 4.90 Å². The number of piperidine rings is 1. The van der Waals surface area contributed by atoms with Crippen molar-refractivity contribution in [2.24, 2.45) is 0 Å². The average molecular weight is 373 g/mol. The Hall–Kier alpha value is -2.60. The van der Waals surface area contributed by atoms with E-state index < -0.39 is 12.0 Å². The Morgan fingerprint density at radius 1 is 1.07 bits per heavy atom. The molecule has 1 aliphatic heterocycles. The van der Waals surface area contributed by atoms with Gasteiger partial charge in [-0.15, -0.1) is 0 Å². The van der Waals surface area contributed by atoms with Gasteiger partial charge in [-0.05, 0) is 54.8 Å². The molecule has 6 heteroatoms. The van der Waals surface area contributed by atoms with E-state index in [1.54, 1.807) is 26.4 Å². The molecule has 5 nitrogen and oxygen atoms in total. The van der Waals surface area contributed by atoms with Crippen LogP contribution in [0.1, 0.15) is 36.4 Å². The maximum atomic E-state index is 13.5. The molecular formula is C21H24FNO4. The van der Waals surface area contributed by atoms with Crippen LogP contribution in [-0.2, 0) is 4.79 Å². The van der Waals surface area contributed by atoms with E-state index in [1.807, 2.05) is 23.1 Å². The average Bonchev–Trinajstić information content (AvgIpc) is 2.69. The van der Waals surface area contributed by atoms with Crippen molar-refractivity contribution in [1.29, 1.82) is 0 Å². The van der Waals surface area contributed by atoms with E-state index in [2.05, 4.69) is 0 Å². The highest BCUT2D eigenvalue weighted by molar-refractivity contribution is 5.73. The van der Waals surface area contributed by atoms with Crippen LogP contribution in [0.4, 0.5) is 4.39 Å². The SMILES string of the molecule is COc1ccc(C(c2ccc(F)cc2)N2CCCCC2C(=O)O)cc1OC. The van der Waals surface area contributed by atoms with Crippen LogP contribution >= 0.6 is 0 Å². The highest BCUT2D eigenvalue weighted by Gasteiger charge is 2.35. The van der Waals surface area contributed by atoms with Crippen LogP contribution in [0.15, 0.2) is 42.5 Å². The minimum Gasteiger partial charge on any atom is -0.493 e. The fourth-order valence-corrected chi connectivity index (χ4v) is 3.77. The highest BCUT2D eigenvalue weighted by Crippen LogP contribution is 2.38. The number of hydrogen-bond acceptors (Lipinski definition) is 4. The molecule has 0 amide bonds. The smallest absolute Gasteiger partial charge is 0.320 e. The summed E-state index contributed by atoms with van der Waals surface area (Å²) in [6.45, 7) is 0.660.